The number of benzene rings is 1. The third kappa shape index (κ3) is 2.70. The fourth-order valence-corrected chi connectivity index (χ4v) is 1.89. The van der Waals surface area contributed by atoms with Gasteiger partial charge in [-0.1, -0.05) is 0 Å². The van der Waals surface area contributed by atoms with E-state index in [1.54, 1.807) is 18.2 Å². The third-order valence-corrected chi connectivity index (χ3v) is 2.98. The first kappa shape index (κ1) is 12.6. The predicted molar refractivity (Wildman–Crippen MR) is 73.6 cm³/mol. The number of aromatic nitrogens is 2. The lowest BCUT2D eigenvalue weighted by molar-refractivity contribution is 1.17. The zero-order valence-corrected chi connectivity index (χ0v) is 11.3. The Labute approximate surface area is 117 Å². The van der Waals surface area contributed by atoms with Crippen LogP contribution in [0.5, 0.6) is 0 Å². The Morgan fingerprint density at radius 1 is 1.44 bits per heavy atom. The Kier molecular flexibility index (Phi) is 3.65. The summed E-state index contributed by atoms with van der Waals surface area (Å²) < 4.78 is 0.732. The molecule has 0 atom stereocenters. The van der Waals surface area contributed by atoms with Crippen molar-refractivity contribution in [2.45, 2.75) is 0 Å². The van der Waals surface area contributed by atoms with Crippen LogP contribution >= 0.6 is 27.5 Å². The van der Waals surface area contributed by atoms with Crippen molar-refractivity contribution in [2.75, 3.05) is 11.1 Å². The van der Waals surface area contributed by atoms with E-state index in [4.69, 9.17) is 22.6 Å². The standard InChI is InChI=1S/C11H7BrClN5/c12-7-3-6(4-14)1-2-9(7)17-10-8(15)5-16-11(13)18-10/h1-3,5H,15H2,(H,16,17,18). The highest BCUT2D eigenvalue weighted by Crippen LogP contribution is 2.28. The van der Waals surface area contributed by atoms with Crippen molar-refractivity contribution in [3.05, 3.63) is 39.7 Å². The average Bonchev–Trinajstić information content (AvgIpc) is 2.36. The van der Waals surface area contributed by atoms with Gasteiger partial charge >= 0.3 is 0 Å². The highest BCUT2D eigenvalue weighted by molar-refractivity contribution is 9.10. The molecule has 0 aliphatic carbocycles. The topological polar surface area (TPSA) is 87.6 Å². The predicted octanol–water partition coefficient (Wildman–Crippen LogP) is 3.09. The minimum atomic E-state index is 0.108. The zero-order chi connectivity index (χ0) is 13.1. The molecule has 0 aliphatic heterocycles. The molecule has 0 unspecified atom stereocenters. The second-order valence-electron chi connectivity index (χ2n) is 3.37. The first-order chi connectivity index (χ1) is 8.60. The molecule has 0 fully saturated rings. The molecule has 90 valence electrons. The lowest BCUT2D eigenvalue weighted by Gasteiger charge is -2.09. The summed E-state index contributed by atoms with van der Waals surface area (Å²) in [7, 11) is 0. The highest BCUT2D eigenvalue weighted by Gasteiger charge is 2.06. The van der Waals surface area contributed by atoms with Gasteiger partial charge in [0.05, 0.1) is 29.2 Å². The molecule has 5 nitrogen and oxygen atoms in total. The van der Waals surface area contributed by atoms with Gasteiger partial charge in [-0.25, -0.2) is 4.98 Å². The van der Waals surface area contributed by atoms with E-state index in [2.05, 4.69) is 37.3 Å². The molecule has 1 heterocycles. The summed E-state index contributed by atoms with van der Waals surface area (Å²) in [5, 5.41) is 11.9. The van der Waals surface area contributed by atoms with Crippen LogP contribution in [-0.4, -0.2) is 9.97 Å². The van der Waals surface area contributed by atoms with Gasteiger partial charge in [0.1, 0.15) is 0 Å². The number of hydrogen-bond donors (Lipinski definition) is 2. The number of hydrogen-bond acceptors (Lipinski definition) is 5. The summed E-state index contributed by atoms with van der Waals surface area (Å²) in [6, 6.07) is 7.18. The van der Waals surface area contributed by atoms with Crippen LogP contribution in [-0.2, 0) is 0 Å². The van der Waals surface area contributed by atoms with Crippen molar-refractivity contribution in [1.29, 1.82) is 5.26 Å². The molecule has 2 rings (SSSR count). The van der Waals surface area contributed by atoms with E-state index >= 15 is 0 Å². The van der Waals surface area contributed by atoms with Crippen LogP contribution in [0.1, 0.15) is 5.56 Å². The van der Waals surface area contributed by atoms with Gasteiger partial charge in [0.25, 0.3) is 0 Å². The van der Waals surface area contributed by atoms with Gasteiger partial charge in [0.2, 0.25) is 5.28 Å². The van der Waals surface area contributed by atoms with Gasteiger partial charge in [-0.3, -0.25) is 0 Å². The highest BCUT2D eigenvalue weighted by atomic mass is 79.9. The SMILES string of the molecule is N#Cc1ccc(Nc2nc(Cl)ncc2N)c(Br)c1. The lowest BCUT2D eigenvalue weighted by atomic mass is 10.2. The van der Waals surface area contributed by atoms with E-state index in [-0.39, 0.29) is 5.28 Å². The summed E-state index contributed by atoms with van der Waals surface area (Å²) in [6.45, 7) is 0. The van der Waals surface area contributed by atoms with Crippen LogP contribution in [0.25, 0.3) is 0 Å². The van der Waals surface area contributed by atoms with Crippen LogP contribution in [0.2, 0.25) is 5.28 Å². The molecule has 1 aromatic heterocycles. The smallest absolute Gasteiger partial charge is 0.224 e. The molecule has 1 aromatic carbocycles. The fourth-order valence-electron chi connectivity index (χ4n) is 1.28. The first-order valence-corrected chi connectivity index (χ1v) is 6.02. The average molecular weight is 325 g/mol. The lowest BCUT2D eigenvalue weighted by Crippen LogP contribution is -2.01. The number of anilines is 3. The summed E-state index contributed by atoms with van der Waals surface area (Å²) in [5.41, 5.74) is 7.40. The maximum Gasteiger partial charge on any atom is 0.224 e. The maximum atomic E-state index is 8.77. The van der Waals surface area contributed by atoms with Crippen LogP contribution in [0.15, 0.2) is 28.9 Å². The normalized spacial score (nSPS) is 9.83. The fraction of sp³-hybridized carbons (Fsp3) is 0. The summed E-state index contributed by atoms with van der Waals surface area (Å²) in [4.78, 5) is 7.75. The van der Waals surface area contributed by atoms with E-state index in [0.717, 1.165) is 10.2 Å². The molecule has 2 aromatic rings. The van der Waals surface area contributed by atoms with Gasteiger partial charge < -0.3 is 11.1 Å². The Hall–Kier alpha value is -1.84. The van der Waals surface area contributed by atoms with Crippen molar-refractivity contribution >= 4 is 44.7 Å². The summed E-state index contributed by atoms with van der Waals surface area (Å²) >= 11 is 9.06. The van der Waals surface area contributed by atoms with E-state index in [9.17, 15) is 0 Å². The van der Waals surface area contributed by atoms with Crippen LogP contribution in [0.4, 0.5) is 17.2 Å². The second kappa shape index (κ2) is 5.21. The maximum absolute atomic E-state index is 8.77. The molecule has 0 amide bonds. The van der Waals surface area contributed by atoms with Crippen molar-refractivity contribution in [3.63, 3.8) is 0 Å². The molecule has 0 radical (unpaired) electrons. The van der Waals surface area contributed by atoms with Crippen molar-refractivity contribution < 1.29 is 0 Å². The zero-order valence-electron chi connectivity index (χ0n) is 8.98. The van der Waals surface area contributed by atoms with Gasteiger partial charge in [0, 0.05) is 4.47 Å². The van der Waals surface area contributed by atoms with Crippen molar-refractivity contribution in [1.82, 2.24) is 9.97 Å². The first-order valence-electron chi connectivity index (χ1n) is 4.85. The summed E-state index contributed by atoms with van der Waals surface area (Å²) in [5.74, 6) is 0.417. The van der Waals surface area contributed by atoms with Gasteiger partial charge in [-0.05, 0) is 45.7 Å². The van der Waals surface area contributed by atoms with Crippen molar-refractivity contribution in [3.8, 4) is 6.07 Å². The second-order valence-corrected chi connectivity index (χ2v) is 4.57. The molecule has 0 aliphatic rings. The Morgan fingerprint density at radius 2 is 2.22 bits per heavy atom. The number of nitrogens with two attached hydrogens (primary N) is 1. The molecular formula is C11H7BrClN5. The van der Waals surface area contributed by atoms with Gasteiger partial charge in [-0.2, -0.15) is 10.2 Å². The Bertz CT molecular complexity index is 638. The molecule has 0 spiro atoms. The minimum Gasteiger partial charge on any atom is -0.394 e. The Morgan fingerprint density at radius 3 is 2.89 bits per heavy atom. The van der Waals surface area contributed by atoms with Gasteiger partial charge in [-0.15, -0.1) is 0 Å². The molecule has 0 bridgehead atoms. The minimum absolute atomic E-state index is 0.108. The summed E-state index contributed by atoms with van der Waals surface area (Å²) in [6.07, 6.45) is 1.43. The molecule has 7 heteroatoms. The molecule has 3 N–H and O–H groups in total. The molecule has 0 saturated heterocycles. The number of nitrogens with zero attached hydrogens (tertiary/aromatic N) is 3. The number of rotatable bonds is 2. The molecular weight excluding hydrogens is 318 g/mol. The number of nitrogen functional groups attached to an aromatic ring is 1. The molecule has 0 saturated carbocycles. The number of nitrogens with one attached hydrogen (secondary N) is 1. The van der Waals surface area contributed by atoms with Crippen molar-refractivity contribution in [2.24, 2.45) is 0 Å². The Balaban J connectivity index is 2.34. The molecule has 18 heavy (non-hydrogen) atoms. The van der Waals surface area contributed by atoms with Crippen LogP contribution in [0.3, 0.4) is 0 Å². The largest absolute Gasteiger partial charge is 0.394 e. The van der Waals surface area contributed by atoms with E-state index in [0.29, 0.717) is 17.1 Å². The van der Waals surface area contributed by atoms with Crippen LogP contribution in [0, 0.1) is 11.3 Å². The van der Waals surface area contributed by atoms with E-state index in [1.165, 1.54) is 6.20 Å². The van der Waals surface area contributed by atoms with Gasteiger partial charge in [0.15, 0.2) is 5.82 Å². The van der Waals surface area contributed by atoms with E-state index in [1.807, 2.05) is 0 Å². The number of nitriles is 1. The van der Waals surface area contributed by atoms with Crippen LogP contribution < -0.4 is 11.1 Å². The van der Waals surface area contributed by atoms with E-state index < -0.39 is 0 Å². The third-order valence-electron chi connectivity index (χ3n) is 2.14. The quantitative estimate of drug-likeness (QED) is 0.829. The number of halogens is 2. The monoisotopic (exact) mass is 323 g/mol.